The SMILES string of the molecule is CN=C(NCC1CCN(C)CC1)N1CCCC(CC(N)=O)C1.I. The summed E-state index contributed by atoms with van der Waals surface area (Å²) in [4.78, 5) is 20.2. The lowest BCUT2D eigenvalue weighted by atomic mass is 9.94. The van der Waals surface area contributed by atoms with E-state index in [1.54, 1.807) is 0 Å². The van der Waals surface area contributed by atoms with Crippen molar-refractivity contribution in [2.45, 2.75) is 32.1 Å². The number of nitrogens with two attached hydrogens (primary N) is 1. The smallest absolute Gasteiger partial charge is 0.217 e. The zero-order valence-electron chi connectivity index (χ0n) is 14.5. The first kappa shape index (κ1) is 20.5. The standard InChI is InChI=1S/C16H31N5O.HI/c1-18-16(19-11-13-5-8-20(2)9-6-13)21-7-3-4-14(12-21)10-15(17)22;/h13-14H,3-12H2,1-2H3,(H2,17,22)(H,18,19);1H. The Morgan fingerprint density at radius 1 is 1.22 bits per heavy atom. The lowest BCUT2D eigenvalue weighted by Crippen LogP contribution is -2.48. The first-order chi connectivity index (χ1) is 10.6. The number of aliphatic imine (C=N–C) groups is 1. The van der Waals surface area contributed by atoms with Gasteiger partial charge in [0.25, 0.3) is 0 Å². The Labute approximate surface area is 157 Å². The number of halogens is 1. The van der Waals surface area contributed by atoms with Crippen molar-refractivity contribution in [1.29, 1.82) is 0 Å². The first-order valence-electron chi connectivity index (χ1n) is 8.51. The van der Waals surface area contributed by atoms with Gasteiger partial charge in [-0.1, -0.05) is 0 Å². The molecule has 0 aromatic heterocycles. The molecule has 134 valence electrons. The number of piperidine rings is 2. The molecule has 0 radical (unpaired) electrons. The summed E-state index contributed by atoms with van der Waals surface area (Å²) in [5, 5.41) is 3.54. The molecule has 23 heavy (non-hydrogen) atoms. The van der Waals surface area contributed by atoms with Crippen molar-refractivity contribution in [2.24, 2.45) is 22.6 Å². The molecule has 1 amide bonds. The van der Waals surface area contributed by atoms with Crippen molar-refractivity contribution in [3.05, 3.63) is 0 Å². The van der Waals surface area contributed by atoms with Gasteiger partial charge in [0.05, 0.1) is 0 Å². The Hall–Kier alpha value is -0.570. The van der Waals surface area contributed by atoms with Gasteiger partial charge >= 0.3 is 0 Å². The van der Waals surface area contributed by atoms with E-state index in [2.05, 4.69) is 27.2 Å². The highest BCUT2D eigenvalue weighted by molar-refractivity contribution is 14.0. The number of likely N-dealkylation sites (tertiary alicyclic amines) is 2. The molecule has 2 fully saturated rings. The number of hydrogen-bond donors (Lipinski definition) is 2. The Morgan fingerprint density at radius 2 is 1.91 bits per heavy atom. The molecule has 3 N–H and O–H groups in total. The molecular weight excluding hydrogens is 405 g/mol. The van der Waals surface area contributed by atoms with E-state index in [-0.39, 0.29) is 29.9 Å². The van der Waals surface area contributed by atoms with E-state index in [4.69, 9.17) is 5.73 Å². The third-order valence-corrected chi connectivity index (χ3v) is 4.91. The molecule has 0 aromatic rings. The average Bonchev–Trinajstić information content (AvgIpc) is 2.49. The fourth-order valence-electron chi connectivity index (χ4n) is 3.54. The summed E-state index contributed by atoms with van der Waals surface area (Å²) in [5.41, 5.74) is 5.34. The van der Waals surface area contributed by atoms with Crippen LogP contribution in [-0.4, -0.2) is 68.5 Å². The van der Waals surface area contributed by atoms with Crippen molar-refractivity contribution < 1.29 is 4.79 Å². The molecular formula is C16H32IN5O. The number of nitrogens with one attached hydrogen (secondary N) is 1. The van der Waals surface area contributed by atoms with Gasteiger partial charge in [-0.15, -0.1) is 24.0 Å². The van der Waals surface area contributed by atoms with Crippen LogP contribution in [0.15, 0.2) is 4.99 Å². The summed E-state index contributed by atoms with van der Waals surface area (Å²) in [6.45, 7) is 5.28. The molecule has 2 saturated heterocycles. The number of carbonyl (C=O) groups is 1. The van der Waals surface area contributed by atoms with Crippen molar-refractivity contribution >= 4 is 35.8 Å². The zero-order chi connectivity index (χ0) is 15.9. The quantitative estimate of drug-likeness (QED) is 0.393. The molecule has 0 aromatic carbocycles. The van der Waals surface area contributed by atoms with Crippen LogP contribution >= 0.6 is 24.0 Å². The second-order valence-electron chi connectivity index (χ2n) is 6.80. The number of carbonyl (C=O) groups excluding carboxylic acids is 1. The topological polar surface area (TPSA) is 74.0 Å². The highest BCUT2D eigenvalue weighted by atomic mass is 127. The predicted octanol–water partition coefficient (Wildman–Crippen LogP) is 1.11. The highest BCUT2D eigenvalue weighted by Crippen LogP contribution is 2.20. The van der Waals surface area contributed by atoms with Gasteiger partial charge in [0.2, 0.25) is 5.91 Å². The maximum absolute atomic E-state index is 11.1. The monoisotopic (exact) mass is 437 g/mol. The summed E-state index contributed by atoms with van der Waals surface area (Å²) >= 11 is 0. The molecule has 2 aliphatic heterocycles. The van der Waals surface area contributed by atoms with E-state index in [9.17, 15) is 4.79 Å². The molecule has 0 spiro atoms. The summed E-state index contributed by atoms with van der Waals surface area (Å²) in [6, 6.07) is 0. The number of hydrogen-bond acceptors (Lipinski definition) is 3. The Bertz CT molecular complexity index is 396. The number of rotatable bonds is 4. The maximum Gasteiger partial charge on any atom is 0.217 e. The van der Waals surface area contributed by atoms with Gasteiger partial charge in [0.15, 0.2) is 5.96 Å². The van der Waals surface area contributed by atoms with E-state index in [0.29, 0.717) is 12.3 Å². The first-order valence-corrected chi connectivity index (χ1v) is 8.51. The van der Waals surface area contributed by atoms with Crippen LogP contribution in [0.25, 0.3) is 0 Å². The summed E-state index contributed by atoms with van der Waals surface area (Å²) in [6.07, 6.45) is 5.19. The molecule has 0 bridgehead atoms. The Kier molecular flexibility index (Phi) is 9.19. The molecule has 0 saturated carbocycles. The van der Waals surface area contributed by atoms with Crippen LogP contribution in [0.1, 0.15) is 32.1 Å². The van der Waals surface area contributed by atoms with Crippen molar-refractivity contribution in [2.75, 3.05) is 46.8 Å². The summed E-state index contributed by atoms with van der Waals surface area (Å²) < 4.78 is 0. The lowest BCUT2D eigenvalue weighted by molar-refractivity contribution is -0.119. The third-order valence-electron chi connectivity index (χ3n) is 4.91. The molecule has 7 heteroatoms. The highest BCUT2D eigenvalue weighted by Gasteiger charge is 2.24. The van der Waals surface area contributed by atoms with Gasteiger partial charge in [-0.3, -0.25) is 9.79 Å². The molecule has 2 aliphatic rings. The summed E-state index contributed by atoms with van der Waals surface area (Å²) in [7, 11) is 4.03. The van der Waals surface area contributed by atoms with Crippen molar-refractivity contribution in [1.82, 2.24) is 15.1 Å². The van der Waals surface area contributed by atoms with Crippen LogP contribution in [0.3, 0.4) is 0 Å². The molecule has 6 nitrogen and oxygen atoms in total. The Balaban J connectivity index is 0.00000264. The second kappa shape index (κ2) is 10.3. The molecule has 1 unspecified atom stereocenters. The fourth-order valence-corrected chi connectivity index (χ4v) is 3.54. The summed E-state index contributed by atoms with van der Waals surface area (Å²) in [5.74, 6) is 1.89. The van der Waals surface area contributed by atoms with E-state index in [0.717, 1.165) is 44.4 Å². The van der Waals surface area contributed by atoms with Crippen LogP contribution in [0.4, 0.5) is 0 Å². The zero-order valence-corrected chi connectivity index (χ0v) is 16.8. The molecule has 0 aliphatic carbocycles. The van der Waals surface area contributed by atoms with Gasteiger partial charge in [0.1, 0.15) is 0 Å². The number of guanidine groups is 1. The third kappa shape index (κ3) is 6.82. The van der Waals surface area contributed by atoms with Crippen LogP contribution in [0.2, 0.25) is 0 Å². The number of primary amides is 1. The van der Waals surface area contributed by atoms with Crippen molar-refractivity contribution in [3.8, 4) is 0 Å². The second-order valence-corrected chi connectivity index (χ2v) is 6.80. The van der Waals surface area contributed by atoms with Gasteiger partial charge in [-0.25, -0.2) is 0 Å². The number of nitrogens with zero attached hydrogens (tertiary/aromatic N) is 3. The van der Waals surface area contributed by atoms with E-state index in [1.165, 1.54) is 25.9 Å². The normalized spacial score (nSPS) is 24.2. The number of amides is 1. The van der Waals surface area contributed by atoms with Gasteiger partial charge in [-0.2, -0.15) is 0 Å². The molecule has 1 atom stereocenters. The van der Waals surface area contributed by atoms with Crippen LogP contribution in [0.5, 0.6) is 0 Å². The average molecular weight is 437 g/mol. The van der Waals surface area contributed by atoms with Crippen LogP contribution in [0, 0.1) is 11.8 Å². The van der Waals surface area contributed by atoms with Crippen LogP contribution < -0.4 is 11.1 Å². The predicted molar refractivity (Wildman–Crippen MR) is 105 cm³/mol. The van der Waals surface area contributed by atoms with Gasteiger partial charge in [0, 0.05) is 33.1 Å². The Morgan fingerprint density at radius 3 is 2.52 bits per heavy atom. The molecule has 2 rings (SSSR count). The fraction of sp³-hybridized carbons (Fsp3) is 0.875. The lowest BCUT2D eigenvalue weighted by Gasteiger charge is -2.36. The molecule has 2 heterocycles. The van der Waals surface area contributed by atoms with E-state index in [1.807, 2.05) is 7.05 Å². The van der Waals surface area contributed by atoms with Crippen molar-refractivity contribution in [3.63, 3.8) is 0 Å². The van der Waals surface area contributed by atoms with E-state index < -0.39 is 0 Å². The largest absolute Gasteiger partial charge is 0.370 e. The van der Waals surface area contributed by atoms with E-state index >= 15 is 0 Å². The minimum Gasteiger partial charge on any atom is -0.370 e. The minimum atomic E-state index is -0.193. The minimum absolute atomic E-state index is 0. The van der Waals surface area contributed by atoms with Gasteiger partial charge in [-0.05, 0) is 57.7 Å². The van der Waals surface area contributed by atoms with Crippen LogP contribution in [-0.2, 0) is 4.79 Å². The van der Waals surface area contributed by atoms with Gasteiger partial charge < -0.3 is 20.9 Å². The maximum atomic E-state index is 11.1.